The van der Waals surface area contributed by atoms with E-state index in [4.69, 9.17) is 5.26 Å². The molecule has 98 valence electrons. The number of benzene rings is 1. The average molecular weight is 251 g/mol. The van der Waals surface area contributed by atoms with Gasteiger partial charge < -0.3 is 15.7 Å². The first-order chi connectivity index (χ1) is 8.33. The molecule has 0 amide bonds. The number of nitrogens with one attached hydrogen (secondary N) is 2. The Morgan fingerprint density at radius 3 is 2.67 bits per heavy atom. The molecule has 0 aromatic heterocycles. The second-order valence-electron chi connectivity index (χ2n) is 5.07. The van der Waals surface area contributed by atoms with E-state index >= 15 is 0 Å². The largest absolute Gasteiger partial charge is 0.372 e. The van der Waals surface area contributed by atoms with Crippen LogP contribution in [0, 0.1) is 17.1 Å². The monoisotopic (exact) mass is 251 g/mol. The molecule has 5 heteroatoms. The van der Waals surface area contributed by atoms with Crippen molar-refractivity contribution in [3.63, 3.8) is 0 Å². The quantitative estimate of drug-likeness (QED) is 0.714. The van der Waals surface area contributed by atoms with Crippen molar-refractivity contribution in [3.05, 3.63) is 29.6 Å². The highest BCUT2D eigenvalue weighted by Crippen LogP contribution is 2.18. The Bertz CT molecular complexity index is 449. The standard InChI is InChI=1S/C13H18FN3O/c1-13(2,3)16-8-12(18)17-11-6-4-5-10(14)9(11)7-15/h4-6,12,16-18H,8H2,1-3H3. The number of anilines is 1. The molecule has 0 saturated heterocycles. The number of β-amino-alcohol motifs (C(OH)–C–C–N with tert-alkyl or cyclic N) is 1. The van der Waals surface area contributed by atoms with Crippen LogP contribution in [0.3, 0.4) is 0 Å². The number of aliphatic hydroxyl groups excluding tert-OH is 1. The van der Waals surface area contributed by atoms with Crippen molar-refractivity contribution in [2.75, 3.05) is 11.9 Å². The van der Waals surface area contributed by atoms with E-state index in [1.165, 1.54) is 12.1 Å². The Morgan fingerprint density at radius 1 is 1.44 bits per heavy atom. The molecule has 1 unspecified atom stereocenters. The van der Waals surface area contributed by atoms with Gasteiger partial charge in [-0.3, -0.25) is 0 Å². The molecular formula is C13H18FN3O. The maximum absolute atomic E-state index is 13.3. The highest BCUT2D eigenvalue weighted by Gasteiger charge is 2.14. The van der Waals surface area contributed by atoms with E-state index in [1.807, 2.05) is 20.8 Å². The van der Waals surface area contributed by atoms with Gasteiger partial charge >= 0.3 is 0 Å². The summed E-state index contributed by atoms with van der Waals surface area (Å²) < 4.78 is 13.3. The molecule has 0 radical (unpaired) electrons. The van der Waals surface area contributed by atoms with Crippen molar-refractivity contribution in [1.29, 1.82) is 5.26 Å². The van der Waals surface area contributed by atoms with Crippen LogP contribution in [0.2, 0.25) is 0 Å². The zero-order chi connectivity index (χ0) is 13.8. The normalized spacial score (nSPS) is 12.9. The maximum Gasteiger partial charge on any atom is 0.143 e. The summed E-state index contributed by atoms with van der Waals surface area (Å²) in [7, 11) is 0. The molecule has 4 nitrogen and oxygen atoms in total. The lowest BCUT2D eigenvalue weighted by Crippen LogP contribution is -2.43. The van der Waals surface area contributed by atoms with Crippen LogP contribution < -0.4 is 10.6 Å². The Labute approximate surface area is 106 Å². The van der Waals surface area contributed by atoms with Crippen molar-refractivity contribution in [1.82, 2.24) is 5.32 Å². The van der Waals surface area contributed by atoms with E-state index in [-0.39, 0.29) is 11.1 Å². The first-order valence-corrected chi connectivity index (χ1v) is 5.72. The molecule has 0 aliphatic rings. The van der Waals surface area contributed by atoms with E-state index in [9.17, 15) is 9.50 Å². The summed E-state index contributed by atoms with van der Waals surface area (Å²) in [6, 6.07) is 6.03. The Hall–Kier alpha value is -1.64. The molecule has 0 fully saturated rings. The smallest absolute Gasteiger partial charge is 0.143 e. The highest BCUT2D eigenvalue weighted by atomic mass is 19.1. The lowest BCUT2D eigenvalue weighted by Gasteiger charge is -2.24. The minimum Gasteiger partial charge on any atom is -0.372 e. The first kappa shape index (κ1) is 14.4. The predicted molar refractivity (Wildman–Crippen MR) is 68.5 cm³/mol. The van der Waals surface area contributed by atoms with Gasteiger partial charge in [0.25, 0.3) is 0 Å². The molecule has 0 aliphatic heterocycles. The van der Waals surface area contributed by atoms with E-state index < -0.39 is 12.0 Å². The van der Waals surface area contributed by atoms with Gasteiger partial charge in [0.05, 0.1) is 5.69 Å². The lowest BCUT2D eigenvalue weighted by molar-refractivity contribution is 0.187. The molecule has 0 aliphatic carbocycles. The van der Waals surface area contributed by atoms with Gasteiger partial charge in [0, 0.05) is 12.1 Å². The van der Waals surface area contributed by atoms with Crippen LogP contribution in [0.4, 0.5) is 10.1 Å². The van der Waals surface area contributed by atoms with Gasteiger partial charge in [-0.05, 0) is 32.9 Å². The second-order valence-corrected chi connectivity index (χ2v) is 5.07. The van der Waals surface area contributed by atoms with E-state index in [0.29, 0.717) is 12.2 Å². The summed E-state index contributed by atoms with van der Waals surface area (Å²) in [5.74, 6) is -0.599. The third-order valence-electron chi connectivity index (χ3n) is 2.27. The van der Waals surface area contributed by atoms with E-state index in [0.717, 1.165) is 0 Å². The summed E-state index contributed by atoms with van der Waals surface area (Å²) in [5, 5.41) is 24.4. The van der Waals surface area contributed by atoms with Gasteiger partial charge in [-0.15, -0.1) is 0 Å². The van der Waals surface area contributed by atoms with E-state index in [2.05, 4.69) is 10.6 Å². The molecule has 0 saturated carbocycles. The van der Waals surface area contributed by atoms with Crippen LogP contribution in [0.5, 0.6) is 0 Å². The second kappa shape index (κ2) is 5.80. The van der Waals surface area contributed by atoms with Crippen LogP contribution in [-0.2, 0) is 0 Å². The fourth-order valence-corrected chi connectivity index (χ4v) is 1.39. The molecule has 0 spiro atoms. The number of nitrogens with zero attached hydrogens (tertiary/aromatic N) is 1. The third-order valence-corrected chi connectivity index (χ3v) is 2.27. The van der Waals surface area contributed by atoms with E-state index in [1.54, 1.807) is 12.1 Å². The minimum absolute atomic E-state index is 0.0905. The lowest BCUT2D eigenvalue weighted by atomic mass is 10.1. The van der Waals surface area contributed by atoms with Crippen LogP contribution >= 0.6 is 0 Å². The number of aliphatic hydroxyl groups is 1. The van der Waals surface area contributed by atoms with Gasteiger partial charge in [-0.1, -0.05) is 6.07 Å². The van der Waals surface area contributed by atoms with Crippen molar-refractivity contribution >= 4 is 5.69 Å². The Morgan fingerprint density at radius 2 is 2.11 bits per heavy atom. The van der Waals surface area contributed by atoms with Gasteiger partial charge in [0.2, 0.25) is 0 Å². The number of nitriles is 1. The third kappa shape index (κ3) is 4.32. The van der Waals surface area contributed by atoms with Crippen molar-refractivity contribution in [2.45, 2.75) is 32.5 Å². The number of halogens is 1. The molecular weight excluding hydrogens is 233 g/mol. The summed E-state index contributed by atoms with van der Waals surface area (Å²) in [4.78, 5) is 0. The summed E-state index contributed by atoms with van der Waals surface area (Å²) >= 11 is 0. The fourth-order valence-electron chi connectivity index (χ4n) is 1.39. The summed E-state index contributed by atoms with van der Waals surface area (Å²) in [6.07, 6.45) is -0.891. The van der Waals surface area contributed by atoms with Gasteiger partial charge in [0.15, 0.2) is 0 Å². The van der Waals surface area contributed by atoms with Crippen molar-refractivity contribution in [3.8, 4) is 6.07 Å². The van der Waals surface area contributed by atoms with Gasteiger partial charge in [-0.25, -0.2) is 4.39 Å². The van der Waals surface area contributed by atoms with Crippen LogP contribution in [-0.4, -0.2) is 23.4 Å². The summed E-state index contributed by atoms with van der Waals surface area (Å²) in [6.45, 7) is 6.22. The molecule has 1 aromatic carbocycles. The van der Waals surface area contributed by atoms with Gasteiger partial charge in [0.1, 0.15) is 23.7 Å². The number of hydrogen-bond donors (Lipinski definition) is 3. The van der Waals surface area contributed by atoms with Gasteiger partial charge in [-0.2, -0.15) is 5.26 Å². The maximum atomic E-state index is 13.3. The molecule has 1 rings (SSSR count). The van der Waals surface area contributed by atoms with Crippen LogP contribution in [0.15, 0.2) is 18.2 Å². The topological polar surface area (TPSA) is 68.1 Å². The SMILES string of the molecule is CC(C)(C)NCC(O)Nc1cccc(F)c1C#N. The zero-order valence-electron chi connectivity index (χ0n) is 10.8. The van der Waals surface area contributed by atoms with Crippen molar-refractivity contribution < 1.29 is 9.50 Å². The molecule has 0 bridgehead atoms. The molecule has 0 heterocycles. The molecule has 1 atom stereocenters. The highest BCUT2D eigenvalue weighted by molar-refractivity contribution is 5.58. The average Bonchev–Trinajstić information content (AvgIpc) is 2.26. The van der Waals surface area contributed by atoms with Crippen LogP contribution in [0.1, 0.15) is 26.3 Å². The zero-order valence-corrected chi connectivity index (χ0v) is 10.8. The Kier molecular flexibility index (Phi) is 4.65. The first-order valence-electron chi connectivity index (χ1n) is 5.72. The fraction of sp³-hybridized carbons (Fsp3) is 0.462. The number of hydrogen-bond acceptors (Lipinski definition) is 4. The molecule has 1 aromatic rings. The molecule has 18 heavy (non-hydrogen) atoms. The molecule has 3 N–H and O–H groups in total. The van der Waals surface area contributed by atoms with Crippen molar-refractivity contribution in [2.24, 2.45) is 0 Å². The predicted octanol–water partition coefficient (Wildman–Crippen LogP) is 1.82. The van der Waals surface area contributed by atoms with Crippen LogP contribution in [0.25, 0.3) is 0 Å². The Balaban J connectivity index is 2.68. The number of rotatable bonds is 4. The minimum atomic E-state index is -0.891. The summed E-state index contributed by atoms with van der Waals surface area (Å²) in [5.41, 5.74) is 0.0795.